The van der Waals surface area contributed by atoms with Crippen molar-refractivity contribution in [3.05, 3.63) is 0 Å². The van der Waals surface area contributed by atoms with Crippen molar-refractivity contribution in [2.24, 2.45) is 5.73 Å². The summed E-state index contributed by atoms with van der Waals surface area (Å²) in [5.41, 5.74) is 5.83. The SMILES string of the molecule is COCCN1CCC(SC)(C(N)=S)CC1. The van der Waals surface area contributed by atoms with Crippen LogP contribution in [0.15, 0.2) is 0 Å². The maximum absolute atomic E-state index is 5.83. The monoisotopic (exact) mass is 248 g/mol. The highest BCUT2D eigenvalue weighted by atomic mass is 32.2. The van der Waals surface area contributed by atoms with Gasteiger partial charge < -0.3 is 15.4 Å². The molecule has 88 valence electrons. The van der Waals surface area contributed by atoms with Crippen LogP contribution in [0.5, 0.6) is 0 Å². The predicted octanol–water partition coefficient (Wildman–Crippen LogP) is 1.12. The quantitative estimate of drug-likeness (QED) is 0.738. The molecule has 0 aromatic rings. The number of hydrogen-bond acceptors (Lipinski definition) is 4. The van der Waals surface area contributed by atoms with Crippen molar-refractivity contribution in [2.75, 3.05) is 39.6 Å². The Balaban J connectivity index is 2.42. The van der Waals surface area contributed by atoms with E-state index in [-0.39, 0.29) is 4.75 Å². The molecule has 0 radical (unpaired) electrons. The van der Waals surface area contributed by atoms with E-state index in [1.165, 1.54) is 0 Å². The molecule has 0 bridgehead atoms. The average Bonchev–Trinajstić information content (AvgIpc) is 2.27. The van der Waals surface area contributed by atoms with E-state index in [4.69, 9.17) is 22.7 Å². The third kappa shape index (κ3) is 3.31. The van der Waals surface area contributed by atoms with Gasteiger partial charge in [-0.05, 0) is 32.2 Å². The van der Waals surface area contributed by atoms with E-state index in [1.54, 1.807) is 18.9 Å². The summed E-state index contributed by atoms with van der Waals surface area (Å²) >= 11 is 6.97. The molecule has 0 atom stereocenters. The molecule has 1 rings (SSSR count). The van der Waals surface area contributed by atoms with Gasteiger partial charge in [0.15, 0.2) is 0 Å². The minimum Gasteiger partial charge on any atom is -0.392 e. The Morgan fingerprint density at radius 2 is 2.13 bits per heavy atom. The molecular weight excluding hydrogens is 228 g/mol. The lowest BCUT2D eigenvalue weighted by molar-refractivity contribution is 0.133. The molecule has 0 saturated carbocycles. The summed E-state index contributed by atoms with van der Waals surface area (Å²) in [5.74, 6) is 0. The van der Waals surface area contributed by atoms with Gasteiger partial charge in [0.2, 0.25) is 0 Å². The number of thiocarbonyl (C=S) groups is 1. The molecular formula is C10H20N2OS2. The van der Waals surface area contributed by atoms with Gasteiger partial charge in [-0.2, -0.15) is 11.8 Å². The van der Waals surface area contributed by atoms with Crippen molar-refractivity contribution in [1.29, 1.82) is 0 Å². The summed E-state index contributed by atoms with van der Waals surface area (Å²) in [6.45, 7) is 3.96. The Hall–Kier alpha value is 0.160. The second-order valence-electron chi connectivity index (χ2n) is 3.90. The van der Waals surface area contributed by atoms with Gasteiger partial charge in [0.1, 0.15) is 0 Å². The summed E-state index contributed by atoms with van der Waals surface area (Å²) in [4.78, 5) is 3.08. The van der Waals surface area contributed by atoms with Gasteiger partial charge in [-0.25, -0.2) is 0 Å². The molecule has 0 amide bonds. The number of rotatable bonds is 5. The van der Waals surface area contributed by atoms with Crippen LogP contribution >= 0.6 is 24.0 Å². The van der Waals surface area contributed by atoms with E-state index in [9.17, 15) is 0 Å². The number of ether oxygens (including phenoxy) is 1. The molecule has 0 unspecified atom stereocenters. The first kappa shape index (κ1) is 13.2. The zero-order valence-electron chi connectivity index (χ0n) is 9.49. The van der Waals surface area contributed by atoms with Crippen LogP contribution in [0.1, 0.15) is 12.8 Å². The fraction of sp³-hybridized carbons (Fsp3) is 0.900. The summed E-state index contributed by atoms with van der Waals surface area (Å²) in [6, 6.07) is 0. The minimum absolute atomic E-state index is 0.0406. The summed E-state index contributed by atoms with van der Waals surface area (Å²) in [6.07, 6.45) is 4.23. The predicted molar refractivity (Wildman–Crippen MR) is 70.6 cm³/mol. The number of hydrogen-bond donors (Lipinski definition) is 1. The van der Waals surface area contributed by atoms with Crippen molar-refractivity contribution < 1.29 is 4.74 Å². The zero-order valence-corrected chi connectivity index (χ0v) is 11.1. The molecule has 0 aliphatic carbocycles. The molecule has 2 N–H and O–H groups in total. The first-order valence-electron chi connectivity index (χ1n) is 5.21. The van der Waals surface area contributed by atoms with Crippen molar-refractivity contribution in [3.63, 3.8) is 0 Å². The van der Waals surface area contributed by atoms with Crippen molar-refractivity contribution in [3.8, 4) is 0 Å². The topological polar surface area (TPSA) is 38.5 Å². The maximum atomic E-state index is 5.83. The van der Waals surface area contributed by atoms with E-state index < -0.39 is 0 Å². The molecule has 1 aliphatic rings. The van der Waals surface area contributed by atoms with Gasteiger partial charge in [0.25, 0.3) is 0 Å². The Labute approximate surface area is 102 Å². The van der Waals surface area contributed by atoms with E-state index in [1.807, 2.05) is 0 Å². The Kier molecular flexibility index (Phi) is 5.32. The van der Waals surface area contributed by atoms with E-state index in [2.05, 4.69) is 11.2 Å². The molecule has 3 nitrogen and oxygen atoms in total. The highest BCUT2D eigenvalue weighted by Crippen LogP contribution is 2.34. The fourth-order valence-corrected chi connectivity index (χ4v) is 3.16. The lowest BCUT2D eigenvalue weighted by atomic mass is 9.95. The Morgan fingerprint density at radius 1 is 1.53 bits per heavy atom. The first-order chi connectivity index (χ1) is 7.14. The van der Waals surface area contributed by atoms with Crippen LogP contribution in [0.2, 0.25) is 0 Å². The number of methoxy groups -OCH3 is 1. The van der Waals surface area contributed by atoms with E-state index in [0.717, 1.165) is 39.1 Å². The molecule has 0 aromatic heterocycles. The van der Waals surface area contributed by atoms with Crippen LogP contribution < -0.4 is 5.73 Å². The molecule has 1 aliphatic heterocycles. The second-order valence-corrected chi connectivity index (χ2v) is 5.53. The van der Waals surface area contributed by atoms with Crippen molar-refractivity contribution >= 4 is 29.0 Å². The second kappa shape index (κ2) is 6.03. The largest absolute Gasteiger partial charge is 0.392 e. The normalized spacial score (nSPS) is 21.5. The summed E-state index contributed by atoms with van der Waals surface area (Å²) in [7, 11) is 1.74. The third-order valence-electron chi connectivity index (χ3n) is 3.12. The van der Waals surface area contributed by atoms with Gasteiger partial charge in [0, 0.05) is 13.7 Å². The van der Waals surface area contributed by atoms with Gasteiger partial charge in [0.05, 0.1) is 16.3 Å². The maximum Gasteiger partial charge on any atom is 0.0891 e. The van der Waals surface area contributed by atoms with Crippen LogP contribution in [-0.4, -0.2) is 54.2 Å². The standard InChI is InChI=1S/C10H20N2OS2/c1-13-8-7-12-5-3-10(15-2,4-6-12)9(11)14/h3-8H2,1-2H3,(H2,11,14). The van der Waals surface area contributed by atoms with Crippen molar-refractivity contribution in [1.82, 2.24) is 4.90 Å². The Morgan fingerprint density at radius 3 is 2.53 bits per heavy atom. The number of likely N-dealkylation sites (tertiary alicyclic amines) is 1. The summed E-state index contributed by atoms with van der Waals surface area (Å²) in [5, 5.41) is 0. The van der Waals surface area contributed by atoms with E-state index >= 15 is 0 Å². The van der Waals surface area contributed by atoms with Crippen LogP contribution in [-0.2, 0) is 4.74 Å². The van der Waals surface area contributed by atoms with Gasteiger partial charge in [-0.3, -0.25) is 0 Å². The highest BCUT2D eigenvalue weighted by Gasteiger charge is 2.36. The number of nitrogens with zero attached hydrogens (tertiary/aromatic N) is 1. The molecule has 1 fully saturated rings. The van der Waals surface area contributed by atoms with Gasteiger partial charge >= 0.3 is 0 Å². The van der Waals surface area contributed by atoms with Gasteiger partial charge in [-0.15, -0.1) is 0 Å². The fourth-order valence-electron chi connectivity index (χ4n) is 1.91. The zero-order chi connectivity index (χ0) is 11.3. The van der Waals surface area contributed by atoms with Crippen molar-refractivity contribution in [2.45, 2.75) is 17.6 Å². The molecule has 15 heavy (non-hydrogen) atoms. The highest BCUT2D eigenvalue weighted by molar-refractivity contribution is 8.01. The van der Waals surface area contributed by atoms with Crippen LogP contribution in [0.4, 0.5) is 0 Å². The summed E-state index contributed by atoms with van der Waals surface area (Å²) < 4.78 is 5.11. The third-order valence-corrected chi connectivity index (χ3v) is 5.04. The lowest BCUT2D eigenvalue weighted by Crippen LogP contribution is -2.49. The Bertz CT molecular complexity index is 215. The molecule has 0 spiro atoms. The molecule has 1 heterocycles. The average molecular weight is 248 g/mol. The number of piperidine rings is 1. The van der Waals surface area contributed by atoms with E-state index in [0.29, 0.717) is 4.99 Å². The smallest absolute Gasteiger partial charge is 0.0891 e. The minimum atomic E-state index is 0.0406. The molecule has 5 heteroatoms. The van der Waals surface area contributed by atoms with Crippen LogP contribution in [0, 0.1) is 0 Å². The lowest BCUT2D eigenvalue weighted by Gasteiger charge is -2.39. The van der Waals surface area contributed by atoms with Crippen LogP contribution in [0.25, 0.3) is 0 Å². The van der Waals surface area contributed by atoms with Gasteiger partial charge in [-0.1, -0.05) is 12.2 Å². The number of thioether (sulfide) groups is 1. The molecule has 0 aromatic carbocycles. The molecule has 1 saturated heterocycles. The van der Waals surface area contributed by atoms with Crippen LogP contribution in [0.3, 0.4) is 0 Å². The number of nitrogens with two attached hydrogens (primary N) is 1. The first-order valence-corrected chi connectivity index (χ1v) is 6.84.